The van der Waals surface area contributed by atoms with Gasteiger partial charge in [0.05, 0.1) is 23.8 Å². The van der Waals surface area contributed by atoms with Crippen molar-refractivity contribution in [1.29, 1.82) is 0 Å². The first-order valence-corrected chi connectivity index (χ1v) is 13.2. The lowest BCUT2D eigenvalue weighted by Crippen LogP contribution is -2.27. The summed E-state index contributed by atoms with van der Waals surface area (Å²) in [5.74, 6) is 0.339. The third-order valence-corrected chi connectivity index (χ3v) is 6.92. The highest BCUT2D eigenvalue weighted by Crippen LogP contribution is 2.49. The van der Waals surface area contributed by atoms with E-state index in [0.717, 1.165) is 35.1 Å². The zero-order valence-electron chi connectivity index (χ0n) is 22.6. The Morgan fingerprint density at radius 1 is 0.923 bits per heavy atom. The molecule has 39 heavy (non-hydrogen) atoms. The third-order valence-electron chi connectivity index (χ3n) is 6.92. The Morgan fingerprint density at radius 2 is 1.51 bits per heavy atom. The number of aromatic nitrogens is 1. The van der Waals surface area contributed by atoms with E-state index in [2.05, 4.69) is 5.16 Å². The fraction of sp³-hybridized carbons (Fsp3) is 0.281. The van der Waals surface area contributed by atoms with Crippen LogP contribution >= 0.6 is 0 Å². The van der Waals surface area contributed by atoms with Gasteiger partial charge in [-0.1, -0.05) is 71.9 Å². The quantitative estimate of drug-likeness (QED) is 0.221. The number of hydrogen-bond donors (Lipinski definition) is 0. The van der Waals surface area contributed by atoms with E-state index in [4.69, 9.17) is 14.0 Å². The lowest BCUT2D eigenvalue weighted by atomic mass is 9.93. The second-order valence-corrected chi connectivity index (χ2v) is 10.0. The summed E-state index contributed by atoms with van der Waals surface area (Å²) < 4.78 is 16.6. The number of anilines is 2. The minimum atomic E-state index is -0.503. The van der Waals surface area contributed by atoms with Gasteiger partial charge in [-0.05, 0) is 69.4 Å². The van der Waals surface area contributed by atoms with Crippen LogP contribution in [0.3, 0.4) is 0 Å². The molecule has 3 aromatic carbocycles. The number of amides is 1. The van der Waals surface area contributed by atoms with E-state index in [-0.39, 0.29) is 18.7 Å². The number of para-hydroxylation sites is 1. The number of benzene rings is 3. The second kappa shape index (κ2) is 10.8. The molecule has 0 unspecified atom stereocenters. The molecule has 0 radical (unpaired) electrons. The van der Waals surface area contributed by atoms with Gasteiger partial charge < -0.3 is 14.0 Å². The van der Waals surface area contributed by atoms with Crippen molar-refractivity contribution in [3.8, 4) is 22.5 Å². The molecule has 1 heterocycles. The smallest absolute Gasteiger partial charge is 0.419 e. The first-order valence-electron chi connectivity index (χ1n) is 13.2. The number of aryl methyl sites for hydroxylation is 1. The molecule has 5 rings (SSSR count). The van der Waals surface area contributed by atoms with Gasteiger partial charge in [0.2, 0.25) is 0 Å². The SMILES string of the molecule is CCOC(=O)N(c1ccccc1)c1c(C)noc1-c1ccc(-c2ccc(C3(C(=O)OC(C)C)CC3)cc2)cc1. The van der Waals surface area contributed by atoms with Crippen LogP contribution in [-0.2, 0) is 19.7 Å². The fourth-order valence-electron chi connectivity index (χ4n) is 4.77. The van der Waals surface area contributed by atoms with E-state index in [1.807, 2.05) is 92.7 Å². The lowest BCUT2D eigenvalue weighted by Gasteiger charge is -2.22. The summed E-state index contributed by atoms with van der Waals surface area (Å²) in [7, 11) is 0. The Morgan fingerprint density at radius 3 is 2.08 bits per heavy atom. The van der Waals surface area contributed by atoms with Gasteiger partial charge >= 0.3 is 12.1 Å². The number of ether oxygens (including phenoxy) is 2. The van der Waals surface area contributed by atoms with Crippen molar-refractivity contribution < 1.29 is 23.6 Å². The molecule has 1 saturated carbocycles. The van der Waals surface area contributed by atoms with Crippen LogP contribution in [0.2, 0.25) is 0 Å². The highest BCUT2D eigenvalue weighted by atomic mass is 16.6. The molecule has 1 aliphatic carbocycles. The van der Waals surface area contributed by atoms with Crippen molar-refractivity contribution in [2.75, 3.05) is 11.5 Å². The molecule has 1 amide bonds. The summed E-state index contributed by atoms with van der Waals surface area (Å²) in [6.45, 7) is 7.57. The minimum Gasteiger partial charge on any atom is -0.462 e. The topological polar surface area (TPSA) is 81.9 Å². The molecule has 0 saturated heterocycles. The summed E-state index contributed by atoms with van der Waals surface area (Å²) in [4.78, 5) is 27.2. The summed E-state index contributed by atoms with van der Waals surface area (Å²) in [6, 6.07) is 25.3. The van der Waals surface area contributed by atoms with E-state index < -0.39 is 11.5 Å². The molecule has 1 aromatic heterocycles. The van der Waals surface area contributed by atoms with Crippen LogP contribution in [0.15, 0.2) is 83.4 Å². The maximum absolute atomic E-state index is 13.0. The van der Waals surface area contributed by atoms with Crippen molar-refractivity contribution >= 4 is 23.4 Å². The van der Waals surface area contributed by atoms with Crippen LogP contribution in [0, 0.1) is 6.92 Å². The normalized spacial score (nSPS) is 13.7. The summed E-state index contributed by atoms with van der Waals surface area (Å²) >= 11 is 0. The Labute approximate surface area is 228 Å². The predicted molar refractivity (Wildman–Crippen MR) is 150 cm³/mol. The van der Waals surface area contributed by atoms with Crippen LogP contribution in [0.4, 0.5) is 16.2 Å². The second-order valence-electron chi connectivity index (χ2n) is 10.0. The third kappa shape index (κ3) is 5.17. The molecule has 7 nitrogen and oxygen atoms in total. The molecular weight excluding hydrogens is 492 g/mol. The zero-order valence-corrected chi connectivity index (χ0v) is 22.6. The molecule has 200 valence electrons. The average Bonchev–Trinajstić information content (AvgIpc) is 3.68. The van der Waals surface area contributed by atoms with Crippen LogP contribution < -0.4 is 4.90 Å². The van der Waals surface area contributed by atoms with Gasteiger partial charge in [0.1, 0.15) is 11.4 Å². The van der Waals surface area contributed by atoms with Crippen LogP contribution in [0.25, 0.3) is 22.5 Å². The van der Waals surface area contributed by atoms with Gasteiger partial charge in [0.15, 0.2) is 5.76 Å². The van der Waals surface area contributed by atoms with Gasteiger partial charge in [0, 0.05) is 5.56 Å². The van der Waals surface area contributed by atoms with E-state index >= 15 is 0 Å². The highest BCUT2D eigenvalue weighted by molar-refractivity contribution is 6.00. The number of carbonyl (C=O) groups excluding carboxylic acids is 2. The Kier molecular flexibility index (Phi) is 7.24. The minimum absolute atomic E-state index is 0.126. The molecule has 7 heteroatoms. The standard InChI is InChI=1S/C32H32N2O5/c1-5-37-31(36)34(27-9-7-6-8-10-27)28-22(4)33-39-29(28)25-13-11-23(12-14-25)24-15-17-26(18-16-24)32(19-20-32)30(35)38-21(2)3/h6-18,21H,5,19-20H2,1-4H3. The molecular formula is C32H32N2O5. The Hall–Kier alpha value is -4.39. The van der Waals surface area contributed by atoms with E-state index in [1.54, 1.807) is 13.8 Å². The average molecular weight is 525 g/mol. The molecule has 4 aromatic rings. The summed E-state index contributed by atoms with van der Waals surface area (Å²) in [5, 5.41) is 4.17. The molecule has 0 N–H and O–H groups in total. The fourth-order valence-corrected chi connectivity index (χ4v) is 4.77. The predicted octanol–water partition coefficient (Wildman–Crippen LogP) is 7.59. The van der Waals surface area contributed by atoms with E-state index in [1.165, 1.54) is 4.90 Å². The lowest BCUT2D eigenvalue weighted by molar-refractivity contribution is -0.150. The van der Waals surface area contributed by atoms with Crippen molar-refractivity contribution in [1.82, 2.24) is 5.16 Å². The largest absolute Gasteiger partial charge is 0.462 e. The van der Waals surface area contributed by atoms with Gasteiger partial charge in [-0.2, -0.15) is 0 Å². The van der Waals surface area contributed by atoms with Crippen molar-refractivity contribution in [2.24, 2.45) is 0 Å². The monoisotopic (exact) mass is 524 g/mol. The van der Waals surface area contributed by atoms with Gasteiger partial charge in [-0.25, -0.2) is 9.69 Å². The Balaban J connectivity index is 1.42. The van der Waals surface area contributed by atoms with Crippen LogP contribution in [-0.4, -0.2) is 29.9 Å². The summed E-state index contributed by atoms with van der Waals surface area (Å²) in [6.07, 6.45) is 1.01. The van der Waals surface area contributed by atoms with E-state index in [9.17, 15) is 9.59 Å². The molecule has 1 fully saturated rings. The number of carbonyl (C=O) groups is 2. The number of nitrogens with zero attached hydrogens (tertiary/aromatic N) is 2. The molecule has 1 aliphatic rings. The first kappa shape index (κ1) is 26.2. The maximum Gasteiger partial charge on any atom is 0.419 e. The number of hydrogen-bond acceptors (Lipinski definition) is 6. The Bertz CT molecular complexity index is 1450. The van der Waals surface area contributed by atoms with Gasteiger partial charge in [-0.15, -0.1) is 0 Å². The first-order chi connectivity index (χ1) is 18.8. The highest BCUT2D eigenvalue weighted by Gasteiger charge is 2.53. The van der Waals surface area contributed by atoms with Crippen molar-refractivity contribution in [3.63, 3.8) is 0 Å². The maximum atomic E-state index is 13.0. The van der Waals surface area contributed by atoms with Gasteiger partial charge in [-0.3, -0.25) is 4.79 Å². The molecule has 0 bridgehead atoms. The summed E-state index contributed by atoms with van der Waals surface area (Å²) in [5.41, 5.74) is 5.10. The van der Waals surface area contributed by atoms with Crippen LogP contribution in [0.5, 0.6) is 0 Å². The van der Waals surface area contributed by atoms with Crippen LogP contribution in [0.1, 0.15) is 44.9 Å². The number of esters is 1. The van der Waals surface area contributed by atoms with Crippen molar-refractivity contribution in [2.45, 2.75) is 52.1 Å². The molecule has 0 spiro atoms. The molecule has 0 atom stereocenters. The van der Waals surface area contributed by atoms with Gasteiger partial charge in [0.25, 0.3) is 0 Å². The van der Waals surface area contributed by atoms with Crippen molar-refractivity contribution in [3.05, 3.63) is 90.1 Å². The number of rotatable bonds is 8. The van der Waals surface area contributed by atoms with E-state index in [0.29, 0.717) is 22.8 Å². The zero-order chi connectivity index (χ0) is 27.6. The molecule has 0 aliphatic heterocycles.